The highest BCUT2D eigenvalue weighted by Gasteiger charge is 2.31. The molecular formula is C22H21N3O3S. The predicted molar refractivity (Wildman–Crippen MR) is 115 cm³/mol. The summed E-state index contributed by atoms with van der Waals surface area (Å²) in [6, 6.07) is 7.39. The highest BCUT2D eigenvalue weighted by Crippen LogP contribution is 2.45. The number of nitrogens with zero attached hydrogens (tertiary/aromatic N) is 2. The molecular weight excluding hydrogens is 386 g/mol. The average Bonchev–Trinajstić information content (AvgIpc) is 3.09. The van der Waals surface area contributed by atoms with Gasteiger partial charge in [0.05, 0.1) is 33.4 Å². The molecule has 0 spiro atoms. The second kappa shape index (κ2) is 7.15. The van der Waals surface area contributed by atoms with Crippen LogP contribution >= 0.6 is 11.3 Å². The molecule has 0 radical (unpaired) electrons. The van der Waals surface area contributed by atoms with E-state index < -0.39 is 0 Å². The second-order valence-electron chi connectivity index (χ2n) is 7.56. The molecule has 0 bridgehead atoms. The number of ether oxygens (including phenoxy) is 1. The van der Waals surface area contributed by atoms with Crippen molar-refractivity contribution < 1.29 is 14.3 Å². The van der Waals surface area contributed by atoms with Crippen molar-refractivity contribution in [3.8, 4) is 5.75 Å². The largest absolute Gasteiger partial charge is 0.490 e. The quantitative estimate of drug-likeness (QED) is 0.554. The minimum Gasteiger partial charge on any atom is -0.490 e. The van der Waals surface area contributed by atoms with Gasteiger partial charge in [0.2, 0.25) is 0 Å². The first-order valence-electron chi connectivity index (χ1n) is 9.91. The summed E-state index contributed by atoms with van der Waals surface area (Å²) < 4.78 is 6.17. The summed E-state index contributed by atoms with van der Waals surface area (Å²) in [5, 5.41) is 3.68. The number of benzene rings is 1. The minimum atomic E-state index is -0.282. The third-order valence-corrected chi connectivity index (χ3v) is 6.67. The molecule has 0 saturated heterocycles. The van der Waals surface area contributed by atoms with Crippen molar-refractivity contribution in [2.24, 2.45) is 0 Å². The number of rotatable bonds is 4. The molecule has 1 saturated carbocycles. The number of urea groups is 1. The molecule has 2 aliphatic rings. The first-order valence-corrected chi connectivity index (χ1v) is 10.7. The molecule has 5 rings (SSSR count). The van der Waals surface area contributed by atoms with Gasteiger partial charge in [-0.15, -0.1) is 11.3 Å². The molecule has 1 fully saturated rings. The van der Waals surface area contributed by atoms with E-state index in [2.05, 4.69) is 10.3 Å². The van der Waals surface area contributed by atoms with Gasteiger partial charge >= 0.3 is 6.03 Å². The molecule has 3 heterocycles. The van der Waals surface area contributed by atoms with E-state index in [9.17, 15) is 9.59 Å². The Morgan fingerprint density at radius 3 is 2.79 bits per heavy atom. The topological polar surface area (TPSA) is 71.5 Å². The van der Waals surface area contributed by atoms with E-state index in [0.29, 0.717) is 10.6 Å². The molecule has 6 nitrogen and oxygen atoms in total. The number of hydrogen-bond donors (Lipinski definition) is 1. The summed E-state index contributed by atoms with van der Waals surface area (Å²) in [4.78, 5) is 31.6. The maximum atomic E-state index is 13.0. The van der Waals surface area contributed by atoms with Crippen molar-refractivity contribution >= 4 is 50.9 Å². The molecule has 2 amide bonds. The molecule has 0 atom stereocenters. The molecule has 3 aromatic rings. The van der Waals surface area contributed by atoms with Crippen LogP contribution < -0.4 is 15.0 Å². The monoisotopic (exact) mass is 407 g/mol. The zero-order valence-corrected chi connectivity index (χ0v) is 16.9. The third-order valence-electron chi connectivity index (χ3n) is 5.64. The number of aryl methyl sites for hydroxylation is 1. The van der Waals surface area contributed by atoms with Crippen LogP contribution in [0.5, 0.6) is 5.75 Å². The predicted octanol–water partition coefficient (Wildman–Crippen LogP) is 5.81. The minimum absolute atomic E-state index is 0.280. The Balaban J connectivity index is 1.53. The Labute approximate surface area is 172 Å². The number of aldehydes is 1. The zero-order chi connectivity index (χ0) is 20.0. The first kappa shape index (κ1) is 18.1. The van der Waals surface area contributed by atoms with Gasteiger partial charge in [-0.1, -0.05) is 6.42 Å². The Kier molecular flexibility index (Phi) is 4.47. The molecule has 148 valence electrons. The van der Waals surface area contributed by atoms with E-state index in [1.165, 1.54) is 30.6 Å². The van der Waals surface area contributed by atoms with Crippen LogP contribution in [0, 0.1) is 6.92 Å². The Hall–Kier alpha value is -2.93. The summed E-state index contributed by atoms with van der Waals surface area (Å²) in [5.74, 6) is 0.843. The lowest BCUT2D eigenvalue weighted by Crippen LogP contribution is -2.34. The lowest BCUT2D eigenvalue weighted by molar-refractivity contribution is 0.112. The van der Waals surface area contributed by atoms with E-state index in [1.807, 2.05) is 31.2 Å². The number of carbonyl (C=O) groups is 2. The lowest BCUT2D eigenvalue weighted by atomic mass is 9.98. The summed E-state index contributed by atoms with van der Waals surface area (Å²) in [7, 11) is 0. The highest BCUT2D eigenvalue weighted by molar-refractivity contribution is 7.21. The number of pyridine rings is 1. The molecule has 1 aromatic carbocycles. The number of hydrogen-bond acceptors (Lipinski definition) is 5. The fourth-order valence-electron chi connectivity index (χ4n) is 4.26. The number of aromatic nitrogens is 1. The maximum Gasteiger partial charge on any atom is 0.331 e. The van der Waals surface area contributed by atoms with E-state index in [4.69, 9.17) is 4.74 Å². The van der Waals surface area contributed by atoms with Crippen LogP contribution in [0.1, 0.15) is 47.3 Å². The first-order chi connectivity index (χ1) is 14.2. The maximum absolute atomic E-state index is 13.0. The van der Waals surface area contributed by atoms with E-state index >= 15 is 0 Å². The van der Waals surface area contributed by atoms with Crippen molar-refractivity contribution in [3.05, 3.63) is 40.9 Å². The molecule has 1 aliphatic heterocycles. The SMILES string of the molecule is Cc1cc(OC2CCCCC2)ccc1N1C(=O)Nc2c(C=O)sc3nccc1c23. The summed E-state index contributed by atoms with van der Waals surface area (Å²) in [5.41, 5.74) is 3.03. The Morgan fingerprint density at radius 2 is 2.03 bits per heavy atom. The van der Waals surface area contributed by atoms with Crippen LogP contribution in [0.3, 0.4) is 0 Å². The molecule has 7 heteroatoms. The fourth-order valence-corrected chi connectivity index (χ4v) is 5.19. The number of anilines is 3. The van der Waals surface area contributed by atoms with Gasteiger partial charge < -0.3 is 10.1 Å². The van der Waals surface area contributed by atoms with Gasteiger partial charge in [-0.2, -0.15) is 0 Å². The standard InChI is InChI=1S/C22H21N3O3S/c1-13-11-15(28-14-5-3-2-4-6-14)7-8-16(13)25-17-9-10-23-21-19(17)20(24-22(25)27)18(12-26)29-21/h7-12,14H,2-6H2,1H3,(H,24,27). The Morgan fingerprint density at radius 1 is 1.21 bits per heavy atom. The van der Waals surface area contributed by atoms with Gasteiger partial charge in [-0.3, -0.25) is 9.69 Å². The lowest BCUT2D eigenvalue weighted by Gasteiger charge is -2.30. The van der Waals surface area contributed by atoms with Gasteiger partial charge in [-0.25, -0.2) is 9.78 Å². The summed E-state index contributed by atoms with van der Waals surface area (Å²) in [6.07, 6.45) is 8.66. The molecule has 2 aromatic heterocycles. The highest BCUT2D eigenvalue weighted by atomic mass is 32.1. The third kappa shape index (κ3) is 3.06. The zero-order valence-electron chi connectivity index (χ0n) is 16.1. The van der Waals surface area contributed by atoms with Crippen molar-refractivity contribution in [2.45, 2.75) is 45.1 Å². The van der Waals surface area contributed by atoms with E-state index in [-0.39, 0.29) is 12.1 Å². The van der Waals surface area contributed by atoms with Crippen molar-refractivity contribution in [2.75, 3.05) is 10.2 Å². The number of carbonyl (C=O) groups excluding carboxylic acids is 2. The van der Waals surface area contributed by atoms with Gasteiger partial charge in [0, 0.05) is 6.20 Å². The van der Waals surface area contributed by atoms with Gasteiger partial charge in [-0.05, 0) is 62.4 Å². The van der Waals surface area contributed by atoms with Crippen LogP contribution in [0.25, 0.3) is 10.2 Å². The van der Waals surface area contributed by atoms with Gasteiger partial charge in [0.25, 0.3) is 0 Å². The number of amides is 2. The normalized spacial score (nSPS) is 16.7. The molecule has 0 unspecified atom stereocenters. The Bertz CT molecular complexity index is 1120. The molecule has 1 aliphatic carbocycles. The van der Waals surface area contributed by atoms with Crippen molar-refractivity contribution in [1.82, 2.24) is 4.98 Å². The van der Waals surface area contributed by atoms with Crippen LogP contribution in [0.4, 0.5) is 21.9 Å². The van der Waals surface area contributed by atoms with Crippen LogP contribution in [0.2, 0.25) is 0 Å². The van der Waals surface area contributed by atoms with Crippen LogP contribution in [0.15, 0.2) is 30.5 Å². The smallest absolute Gasteiger partial charge is 0.331 e. The average molecular weight is 407 g/mol. The second-order valence-corrected chi connectivity index (χ2v) is 8.59. The number of nitrogens with one attached hydrogen (secondary N) is 1. The van der Waals surface area contributed by atoms with Crippen LogP contribution in [-0.2, 0) is 0 Å². The fraction of sp³-hybridized carbons (Fsp3) is 0.318. The van der Waals surface area contributed by atoms with Gasteiger partial charge in [0.15, 0.2) is 6.29 Å². The summed E-state index contributed by atoms with van der Waals surface area (Å²) >= 11 is 1.29. The number of thiophene rings is 1. The molecule has 1 N–H and O–H groups in total. The summed E-state index contributed by atoms with van der Waals surface area (Å²) in [6.45, 7) is 1.98. The van der Waals surface area contributed by atoms with E-state index in [1.54, 1.807) is 11.1 Å². The van der Waals surface area contributed by atoms with Crippen LogP contribution in [-0.4, -0.2) is 23.4 Å². The molecule has 29 heavy (non-hydrogen) atoms. The van der Waals surface area contributed by atoms with Crippen molar-refractivity contribution in [1.29, 1.82) is 0 Å². The van der Waals surface area contributed by atoms with Gasteiger partial charge in [0.1, 0.15) is 10.6 Å². The van der Waals surface area contributed by atoms with Crippen molar-refractivity contribution in [3.63, 3.8) is 0 Å². The van der Waals surface area contributed by atoms with E-state index in [0.717, 1.165) is 52.0 Å².